The fourth-order valence-corrected chi connectivity index (χ4v) is 2.94. The maximum atomic E-state index is 12.2. The van der Waals surface area contributed by atoms with E-state index in [1.807, 2.05) is 37.3 Å². The molecule has 2 aromatic rings. The molecule has 0 spiro atoms. The second-order valence-corrected chi connectivity index (χ2v) is 7.77. The Morgan fingerprint density at radius 3 is 2.19 bits per heavy atom. The summed E-state index contributed by atoms with van der Waals surface area (Å²) < 4.78 is 27.6. The number of nitrogens with two attached hydrogens (primary N) is 1. The quantitative estimate of drug-likeness (QED) is 0.704. The third kappa shape index (κ3) is 6.19. The largest absolute Gasteiger partial charge is 0.453 e. The van der Waals surface area contributed by atoms with Gasteiger partial charge < -0.3 is 10.1 Å². The lowest BCUT2D eigenvalue weighted by Crippen LogP contribution is -2.30. The number of carbonyl (C=O) groups excluding carboxylic acids is 2. The van der Waals surface area contributed by atoms with E-state index < -0.39 is 28.0 Å². The predicted molar refractivity (Wildman–Crippen MR) is 101 cm³/mol. The molecule has 2 atom stereocenters. The molecule has 0 aliphatic rings. The molecule has 0 aliphatic carbocycles. The minimum atomic E-state index is -3.80. The summed E-state index contributed by atoms with van der Waals surface area (Å²) in [6.45, 7) is 3.38. The van der Waals surface area contributed by atoms with E-state index in [1.165, 1.54) is 31.2 Å². The van der Waals surface area contributed by atoms with Crippen molar-refractivity contribution in [1.29, 1.82) is 0 Å². The Hall–Kier alpha value is -2.71. The second kappa shape index (κ2) is 8.79. The molecule has 0 heterocycles. The number of carbonyl (C=O) groups is 2. The van der Waals surface area contributed by atoms with Gasteiger partial charge in [0.15, 0.2) is 6.10 Å². The van der Waals surface area contributed by atoms with Gasteiger partial charge in [-0.3, -0.25) is 9.59 Å². The van der Waals surface area contributed by atoms with Crippen molar-refractivity contribution in [1.82, 2.24) is 0 Å². The molecule has 0 fully saturated rings. The van der Waals surface area contributed by atoms with Crippen LogP contribution in [0.25, 0.3) is 0 Å². The van der Waals surface area contributed by atoms with Gasteiger partial charge in [-0.1, -0.05) is 37.3 Å². The van der Waals surface area contributed by atoms with Crippen LogP contribution in [0.5, 0.6) is 0 Å². The molecule has 2 aromatic carbocycles. The van der Waals surface area contributed by atoms with Gasteiger partial charge >= 0.3 is 5.97 Å². The number of primary sulfonamides is 1. The summed E-state index contributed by atoms with van der Waals surface area (Å²) in [6, 6.07) is 14.9. The van der Waals surface area contributed by atoms with E-state index in [9.17, 15) is 18.0 Å². The van der Waals surface area contributed by atoms with Crippen LogP contribution in [0.4, 0.5) is 5.69 Å². The van der Waals surface area contributed by atoms with Gasteiger partial charge in [0.2, 0.25) is 10.0 Å². The highest BCUT2D eigenvalue weighted by atomic mass is 32.2. The Bertz CT molecular complexity index is 895. The highest BCUT2D eigenvalue weighted by molar-refractivity contribution is 7.89. The van der Waals surface area contributed by atoms with E-state index in [0.717, 1.165) is 5.56 Å². The molecule has 0 aromatic heterocycles. The maximum absolute atomic E-state index is 12.2. The maximum Gasteiger partial charge on any atom is 0.307 e. The smallest absolute Gasteiger partial charge is 0.307 e. The van der Waals surface area contributed by atoms with Crippen molar-refractivity contribution in [3.05, 3.63) is 60.2 Å². The summed E-state index contributed by atoms with van der Waals surface area (Å²) in [4.78, 5) is 24.2. The summed E-state index contributed by atoms with van der Waals surface area (Å²) in [5.41, 5.74) is 1.38. The third-order valence-corrected chi connectivity index (χ3v) is 4.90. The van der Waals surface area contributed by atoms with E-state index in [-0.39, 0.29) is 17.2 Å². The van der Waals surface area contributed by atoms with Crippen molar-refractivity contribution in [2.24, 2.45) is 5.14 Å². The molecule has 8 heteroatoms. The Kier molecular flexibility index (Phi) is 6.70. The molecule has 2 rings (SSSR count). The summed E-state index contributed by atoms with van der Waals surface area (Å²) >= 11 is 0. The van der Waals surface area contributed by atoms with Crippen LogP contribution in [0.2, 0.25) is 0 Å². The minimum absolute atomic E-state index is 0.0280. The van der Waals surface area contributed by atoms with E-state index >= 15 is 0 Å². The van der Waals surface area contributed by atoms with Crippen LogP contribution in [0.1, 0.15) is 31.7 Å². The summed E-state index contributed by atoms with van der Waals surface area (Å²) in [5, 5.41) is 7.58. The van der Waals surface area contributed by atoms with Crippen molar-refractivity contribution in [2.75, 3.05) is 5.32 Å². The van der Waals surface area contributed by atoms with E-state index in [4.69, 9.17) is 9.88 Å². The molecule has 0 saturated heterocycles. The van der Waals surface area contributed by atoms with E-state index in [0.29, 0.717) is 5.69 Å². The van der Waals surface area contributed by atoms with Crippen LogP contribution in [0, 0.1) is 0 Å². The Labute approximate surface area is 158 Å². The van der Waals surface area contributed by atoms with Gasteiger partial charge in [-0.05, 0) is 42.7 Å². The van der Waals surface area contributed by atoms with Crippen molar-refractivity contribution >= 4 is 27.6 Å². The first-order valence-electron chi connectivity index (χ1n) is 8.35. The molecular weight excluding hydrogens is 368 g/mol. The zero-order chi connectivity index (χ0) is 20.0. The number of sulfonamides is 1. The van der Waals surface area contributed by atoms with Gasteiger partial charge in [-0.2, -0.15) is 0 Å². The molecule has 0 aliphatic heterocycles. The number of hydrogen-bond acceptors (Lipinski definition) is 5. The van der Waals surface area contributed by atoms with Crippen LogP contribution >= 0.6 is 0 Å². The number of esters is 1. The number of anilines is 1. The standard InChI is InChI=1S/C19H22N2O5S/c1-13(15-6-4-3-5-7-15)12-18(22)26-14(2)19(23)21-16-8-10-17(11-9-16)27(20,24)25/h3-11,13-14H,12H2,1-2H3,(H,21,23)(H2,20,24,25)/t13-,14-/m0/s1. The van der Waals surface area contributed by atoms with Gasteiger partial charge in [0, 0.05) is 5.69 Å². The van der Waals surface area contributed by atoms with E-state index in [2.05, 4.69) is 5.32 Å². The molecule has 144 valence electrons. The molecule has 1 amide bonds. The minimum Gasteiger partial charge on any atom is -0.453 e. The average molecular weight is 390 g/mol. The van der Waals surface area contributed by atoms with Gasteiger partial charge in [0.25, 0.3) is 5.91 Å². The SMILES string of the molecule is C[C@H](OC(=O)C[C@H](C)c1ccccc1)C(=O)Nc1ccc(S(N)(=O)=O)cc1. The fourth-order valence-electron chi connectivity index (χ4n) is 2.42. The van der Waals surface area contributed by atoms with Crippen molar-refractivity contribution in [3.63, 3.8) is 0 Å². The number of nitrogens with one attached hydrogen (secondary N) is 1. The molecule has 0 unspecified atom stereocenters. The summed E-state index contributed by atoms with van der Waals surface area (Å²) in [6.07, 6.45) is -0.830. The van der Waals surface area contributed by atoms with Crippen LogP contribution < -0.4 is 10.5 Å². The number of amides is 1. The number of ether oxygens (including phenoxy) is 1. The van der Waals surface area contributed by atoms with Crippen molar-refractivity contribution < 1.29 is 22.7 Å². The zero-order valence-electron chi connectivity index (χ0n) is 15.1. The Morgan fingerprint density at radius 1 is 1.04 bits per heavy atom. The molecule has 0 radical (unpaired) electrons. The van der Waals surface area contributed by atoms with E-state index in [1.54, 1.807) is 0 Å². The number of hydrogen-bond donors (Lipinski definition) is 2. The highest BCUT2D eigenvalue weighted by Gasteiger charge is 2.20. The first-order chi connectivity index (χ1) is 12.7. The topological polar surface area (TPSA) is 116 Å². The fraction of sp³-hybridized carbons (Fsp3) is 0.263. The number of rotatable bonds is 7. The lowest BCUT2D eigenvalue weighted by molar-refractivity contribution is -0.153. The number of benzene rings is 2. The molecule has 27 heavy (non-hydrogen) atoms. The first-order valence-corrected chi connectivity index (χ1v) is 9.89. The third-order valence-electron chi connectivity index (χ3n) is 3.97. The van der Waals surface area contributed by atoms with Crippen LogP contribution in [0.15, 0.2) is 59.5 Å². The van der Waals surface area contributed by atoms with Crippen molar-refractivity contribution in [2.45, 2.75) is 37.2 Å². The van der Waals surface area contributed by atoms with Gasteiger partial charge in [0.05, 0.1) is 11.3 Å². The Balaban J connectivity index is 1.88. The lowest BCUT2D eigenvalue weighted by Gasteiger charge is -2.16. The van der Waals surface area contributed by atoms with Crippen LogP contribution in [-0.2, 0) is 24.3 Å². The molecule has 3 N–H and O–H groups in total. The average Bonchev–Trinajstić information content (AvgIpc) is 2.62. The molecule has 0 bridgehead atoms. The van der Waals surface area contributed by atoms with Gasteiger partial charge in [-0.15, -0.1) is 0 Å². The zero-order valence-corrected chi connectivity index (χ0v) is 15.9. The molecule has 0 saturated carbocycles. The van der Waals surface area contributed by atoms with Crippen LogP contribution in [0.3, 0.4) is 0 Å². The van der Waals surface area contributed by atoms with Gasteiger partial charge in [-0.25, -0.2) is 13.6 Å². The second-order valence-electron chi connectivity index (χ2n) is 6.21. The van der Waals surface area contributed by atoms with Crippen LogP contribution in [-0.4, -0.2) is 26.4 Å². The molecular formula is C19H22N2O5S. The lowest BCUT2D eigenvalue weighted by atomic mass is 9.98. The Morgan fingerprint density at radius 2 is 1.63 bits per heavy atom. The summed E-state index contributed by atoms with van der Waals surface area (Å²) in [5.74, 6) is -1.02. The van der Waals surface area contributed by atoms with Gasteiger partial charge in [0.1, 0.15) is 0 Å². The molecule has 7 nitrogen and oxygen atoms in total. The predicted octanol–water partition coefficient (Wildman–Crippen LogP) is 2.40. The normalized spacial score (nSPS) is 13.4. The highest BCUT2D eigenvalue weighted by Crippen LogP contribution is 2.19. The summed E-state index contributed by atoms with van der Waals surface area (Å²) in [7, 11) is -3.80. The van der Waals surface area contributed by atoms with Crippen molar-refractivity contribution in [3.8, 4) is 0 Å². The monoisotopic (exact) mass is 390 g/mol. The first kappa shape index (κ1) is 20.6.